The van der Waals surface area contributed by atoms with Crippen molar-refractivity contribution < 1.29 is 0 Å². The van der Waals surface area contributed by atoms with Crippen LogP contribution in [0.15, 0.2) is 6.07 Å². The smallest absolute Gasteiger partial charge is 0.0639 e. The molecule has 0 aliphatic carbocycles. The fourth-order valence-electron chi connectivity index (χ4n) is 0.867. The van der Waals surface area contributed by atoms with Crippen LogP contribution in [0.4, 0.5) is 0 Å². The van der Waals surface area contributed by atoms with Gasteiger partial charge in [-0.1, -0.05) is 0 Å². The third-order valence-electron chi connectivity index (χ3n) is 1.25. The zero-order chi connectivity index (χ0) is 7.56. The molecule has 2 nitrogen and oxygen atoms in total. The summed E-state index contributed by atoms with van der Waals surface area (Å²) in [6, 6.07) is 2.01. The quantitative estimate of drug-likeness (QED) is 0.655. The number of aromatic nitrogens is 2. The molecular weight excluding hydrogens is 148 g/mol. The van der Waals surface area contributed by atoms with Crippen molar-refractivity contribution in [2.45, 2.75) is 25.6 Å². The Morgan fingerprint density at radius 2 is 2.50 bits per heavy atom. The average molecular weight is 159 g/mol. The molecule has 0 radical (unpaired) electrons. The highest BCUT2D eigenvalue weighted by molar-refractivity contribution is 6.20. The Hall–Kier alpha value is -0.500. The van der Waals surface area contributed by atoms with E-state index in [2.05, 4.69) is 10.2 Å². The van der Waals surface area contributed by atoms with Gasteiger partial charge in [-0.3, -0.25) is 5.10 Å². The lowest BCUT2D eigenvalue weighted by Crippen LogP contribution is -1.96. The highest BCUT2D eigenvalue weighted by Crippen LogP contribution is 2.05. The SMILES string of the molecule is Cc1cc(C[C@@H](C)Cl)n[nH]1. The molecule has 0 saturated heterocycles. The van der Waals surface area contributed by atoms with Crippen molar-refractivity contribution >= 4 is 11.6 Å². The molecule has 0 amide bonds. The van der Waals surface area contributed by atoms with E-state index >= 15 is 0 Å². The minimum absolute atomic E-state index is 0.169. The van der Waals surface area contributed by atoms with E-state index in [1.54, 1.807) is 0 Å². The predicted molar refractivity (Wildman–Crippen MR) is 42.3 cm³/mol. The lowest BCUT2D eigenvalue weighted by Gasteiger charge is -1.95. The second-order valence-electron chi connectivity index (χ2n) is 2.53. The van der Waals surface area contributed by atoms with Gasteiger partial charge in [0.1, 0.15) is 0 Å². The van der Waals surface area contributed by atoms with Gasteiger partial charge in [0, 0.05) is 17.5 Å². The largest absolute Gasteiger partial charge is 0.283 e. The highest BCUT2D eigenvalue weighted by Gasteiger charge is 2.01. The molecule has 0 spiro atoms. The molecule has 0 saturated carbocycles. The molecule has 1 aromatic rings. The van der Waals surface area contributed by atoms with E-state index in [1.165, 1.54) is 0 Å². The third-order valence-corrected chi connectivity index (χ3v) is 1.40. The lowest BCUT2D eigenvalue weighted by atomic mass is 10.2. The number of halogens is 1. The van der Waals surface area contributed by atoms with Crippen LogP contribution in [0.25, 0.3) is 0 Å². The first kappa shape index (κ1) is 7.61. The first-order valence-corrected chi connectivity index (χ1v) is 3.77. The number of hydrogen-bond donors (Lipinski definition) is 1. The summed E-state index contributed by atoms with van der Waals surface area (Å²) in [6.07, 6.45) is 0.839. The van der Waals surface area contributed by atoms with Crippen LogP contribution in [-0.4, -0.2) is 15.6 Å². The first-order chi connectivity index (χ1) is 4.68. The van der Waals surface area contributed by atoms with Crippen molar-refractivity contribution in [1.82, 2.24) is 10.2 Å². The van der Waals surface area contributed by atoms with Crippen LogP contribution in [0.3, 0.4) is 0 Å². The maximum absolute atomic E-state index is 5.77. The Bertz CT molecular complexity index is 205. The highest BCUT2D eigenvalue weighted by atomic mass is 35.5. The molecule has 1 atom stereocenters. The first-order valence-electron chi connectivity index (χ1n) is 3.33. The number of rotatable bonds is 2. The summed E-state index contributed by atoms with van der Waals surface area (Å²) in [5.74, 6) is 0. The summed E-state index contributed by atoms with van der Waals surface area (Å²) in [5, 5.41) is 7.08. The van der Waals surface area contributed by atoms with E-state index < -0.39 is 0 Å². The van der Waals surface area contributed by atoms with E-state index in [4.69, 9.17) is 11.6 Å². The summed E-state index contributed by atoms with van der Waals surface area (Å²) < 4.78 is 0. The third kappa shape index (κ3) is 2.03. The standard InChI is InChI=1S/C7H11ClN2/c1-5(8)3-7-4-6(2)9-10-7/h4-5H,3H2,1-2H3,(H,9,10)/t5-/m1/s1. The van der Waals surface area contributed by atoms with E-state index in [-0.39, 0.29) is 5.38 Å². The van der Waals surface area contributed by atoms with Crippen LogP contribution >= 0.6 is 11.6 Å². The molecule has 1 N–H and O–H groups in total. The molecular formula is C7H11ClN2. The van der Waals surface area contributed by atoms with Gasteiger partial charge in [0.05, 0.1) is 5.69 Å². The molecule has 56 valence electrons. The number of H-pyrrole nitrogens is 1. The second kappa shape index (κ2) is 3.06. The van der Waals surface area contributed by atoms with Crippen LogP contribution in [0, 0.1) is 6.92 Å². The summed E-state index contributed by atoms with van der Waals surface area (Å²) in [5.41, 5.74) is 2.13. The topological polar surface area (TPSA) is 28.7 Å². The van der Waals surface area contributed by atoms with E-state index in [9.17, 15) is 0 Å². The lowest BCUT2D eigenvalue weighted by molar-refractivity contribution is 0.872. The Balaban J connectivity index is 2.58. The van der Waals surface area contributed by atoms with Crippen molar-refractivity contribution in [1.29, 1.82) is 0 Å². The molecule has 0 aromatic carbocycles. The zero-order valence-electron chi connectivity index (χ0n) is 6.19. The minimum Gasteiger partial charge on any atom is -0.283 e. The predicted octanol–water partition coefficient (Wildman–Crippen LogP) is 1.89. The van der Waals surface area contributed by atoms with Gasteiger partial charge in [-0.05, 0) is 19.9 Å². The van der Waals surface area contributed by atoms with Crippen molar-refractivity contribution in [2.75, 3.05) is 0 Å². The molecule has 1 rings (SSSR count). The summed E-state index contributed by atoms with van der Waals surface area (Å²) in [4.78, 5) is 0. The van der Waals surface area contributed by atoms with Crippen molar-refractivity contribution in [2.24, 2.45) is 0 Å². The molecule has 1 aromatic heterocycles. The molecule has 1 heterocycles. The van der Waals surface area contributed by atoms with Crippen LogP contribution in [-0.2, 0) is 6.42 Å². The minimum atomic E-state index is 0.169. The van der Waals surface area contributed by atoms with Crippen molar-refractivity contribution in [3.8, 4) is 0 Å². The van der Waals surface area contributed by atoms with Gasteiger partial charge >= 0.3 is 0 Å². The second-order valence-corrected chi connectivity index (χ2v) is 3.27. The maximum atomic E-state index is 5.77. The van der Waals surface area contributed by atoms with Crippen LogP contribution in [0.1, 0.15) is 18.3 Å². The maximum Gasteiger partial charge on any atom is 0.0639 e. The average Bonchev–Trinajstić information content (AvgIpc) is 2.13. The summed E-state index contributed by atoms with van der Waals surface area (Å²) in [6.45, 7) is 3.95. The van der Waals surface area contributed by atoms with E-state index in [1.807, 2.05) is 19.9 Å². The van der Waals surface area contributed by atoms with Crippen LogP contribution < -0.4 is 0 Å². The summed E-state index contributed by atoms with van der Waals surface area (Å²) >= 11 is 5.77. The number of nitrogens with zero attached hydrogens (tertiary/aromatic N) is 1. The molecule has 0 fully saturated rings. The van der Waals surface area contributed by atoms with Gasteiger partial charge in [-0.15, -0.1) is 11.6 Å². The number of hydrogen-bond acceptors (Lipinski definition) is 1. The summed E-state index contributed by atoms with van der Waals surface area (Å²) in [7, 11) is 0. The fourth-order valence-corrected chi connectivity index (χ4v) is 1.03. The fraction of sp³-hybridized carbons (Fsp3) is 0.571. The van der Waals surface area contributed by atoms with Gasteiger partial charge in [0.2, 0.25) is 0 Å². The molecule has 0 bridgehead atoms. The van der Waals surface area contributed by atoms with Crippen molar-refractivity contribution in [3.05, 3.63) is 17.5 Å². The van der Waals surface area contributed by atoms with Gasteiger partial charge in [0.15, 0.2) is 0 Å². The Morgan fingerprint density at radius 3 is 2.90 bits per heavy atom. The number of alkyl halides is 1. The van der Waals surface area contributed by atoms with Gasteiger partial charge < -0.3 is 0 Å². The van der Waals surface area contributed by atoms with E-state index in [0.29, 0.717) is 0 Å². The van der Waals surface area contributed by atoms with Crippen molar-refractivity contribution in [3.63, 3.8) is 0 Å². The Morgan fingerprint density at radius 1 is 1.80 bits per heavy atom. The Labute approximate surface area is 65.6 Å². The van der Waals surface area contributed by atoms with Crippen LogP contribution in [0.5, 0.6) is 0 Å². The zero-order valence-corrected chi connectivity index (χ0v) is 6.94. The number of aromatic amines is 1. The monoisotopic (exact) mass is 158 g/mol. The number of nitrogens with one attached hydrogen (secondary N) is 1. The molecule has 3 heteroatoms. The number of aryl methyl sites for hydroxylation is 1. The van der Waals surface area contributed by atoms with Gasteiger partial charge in [-0.25, -0.2) is 0 Å². The van der Waals surface area contributed by atoms with E-state index in [0.717, 1.165) is 17.8 Å². The van der Waals surface area contributed by atoms with Gasteiger partial charge in [-0.2, -0.15) is 5.10 Å². The molecule has 0 aliphatic rings. The van der Waals surface area contributed by atoms with Gasteiger partial charge in [0.25, 0.3) is 0 Å². The Kier molecular flexibility index (Phi) is 2.33. The molecule has 0 aliphatic heterocycles. The molecule has 0 unspecified atom stereocenters. The normalized spacial score (nSPS) is 13.5. The van der Waals surface area contributed by atoms with Crippen LogP contribution in [0.2, 0.25) is 0 Å². The molecule has 10 heavy (non-hydrogen) atoms.